The molecular weight excluding hydrogens is 298 g/mol. The molecule has 1 aliphatic heterocycles. The Morgan fingerprint density at radius 1 is 1.61 bits per heavy atom. The molecule has 0 aromatic heterocycles. The van der Waals surface area contributed by atoms with Crippen LogP contribution in [0.25, 0.3) is 0 Å². The topological polar surface area (TPSA) is 58.4 Å². The SMILES string of the molecule is CC1CN(Cc2ccc(Br)c([N+](=O)[O-])c2)CCN1. The zero-order chi connectivity index (χ0) is 13.1. The van der Waals surface area contributed by atoms with Crippen LogP contribution in [0.5, 0.6) is 0 Å². The van der Waals surface area contributed by atoms with Crippen molar-refractivity contribution in [2.45, 2.75) is 19.5 Å². The second-order valence-electron chi connectivity index (χ2n) is 4.63. The van der Waals surface area contributed by atoms with Crippen LogP contribution < -0.4 is 5.32 Å². The average molecular weight is 314 g/mol. The summed E-state index contributed by atoms with van der Waals surface area (Å²) in [6.07, 6.45) is 0. The van der Waals surface area contributed by atoms with Gasteiger partial charge < -0.3 is 5.32 Å². The number of nitrogens with zero attached hydrogens (tertiary/aromatic N) is 2. The Morgan fingerprint density at radius 3 is 3.06 bits per heavy atom. The summed E-state index contributed by atoms with van der Waals surface area (Å²) in [6, 6.07) is 5.81. The molecule has 1 saturated heterocycles. The number of rotatable bonds is 3. The number of halogens is 1. The predicted molar refractivity (Wildman–Crippen MR) is 73.5 cm³/mol. The van der Waals surface area contributed by atoms with E-state index >= 15 is 0 Å². The maximum Gasteiger partial charge on any atom is 0.283 e. The van der Waals surface area contributed by atoms with E-state index in [0.29, 0.717) is 10.5 Å². The number of nitro groups is 1. The van der Waals surface area contributed by atoms with E-state index in [1.54, 1.807) is 12.1 Å². The first-order chi connectivity index (χ1) is 8.56. The predicted octanol–water partition coefficient (Wildman–Crippen LogP) is 2.15. The zero-order valence-electron chi connectivity index (χ0n) is 10.2. The molecule has 6 heteroatoms. The standard InChI is InChI=1S/C12H16BrN3O2/c1-9-7-15(5-4-14-9)8-10-2-3-11(13)12(6-10)16(17)18/h2-3,6,9,14H,4-5,7-8H2,1H3. The zero-order valence-corrected chi connectivity index (χ0v) is 11.8. The Balaban J connectivity index is 2.09. The normalized spacial score (nSPS) is 20.9. The Bertz CT molecular complexity index is 453. The number of nitro benzene ring substituents is 1. The van der Waals surface area contributed by atoms with Gasteiger partial charge in [0.1, 0.15) is 0 Å². The van der Waals surface area contributed by atoms with Gasteiger partial charge in [-0.1, -0.05) is 6.07 Å². The molecule has 0 bridgehead atoms. The third kappa shape index (κ3) is 3.28. The van der Waals surface area contributed by atoms with E-state index < -0.39 is 0 Å². The summed E-state index contributed by atoms with van der Waals surface area (Å²) >= 11 is 3.20. The van der Waals surface area contributed by atoms with Gasteiger partial charge in [-0.15, -0.1) is 0 Å². The van der Waals surface area contributed by atoms with Crippen LogP contribution in [0.3, 0.4) is 0 Å². The molecule has 1 heterocycles. The molecule has 1 atom stereocenters. The highest BCUT2D eigenvalue weighted by Gasteiger charge is 2.17. The van der Waals surface area contributed by atoms with Crippen LogP contribution in [0.1, 0.15) is 12.5 Å². The number of benzene rings is 1. The summed E-state index contributed by atoms with van der Waals surface area (Å²) in [5.74, 6) is 0. The summed E-state index contributed by atoms with van der Waals surface area (Å²) in [7, 11) is 0. The monoisotopic (exact) mass is 313 g/mol. The molecule has 2 rings (SSSR count). The second kappa shape index (κ2) is 5.77. The Kier molecular flexibility index (Phi) is 4.31. The molecule has 5 nitrogen and oxygen atoms in total. The minimum atomic E-state index is -0.353. The van der Waals surface area contributed by atoms with Crippen molar-refractivity contribution in [3.05, 3.63) is 38.3 Å². The molecule has 1 N–H and O–H groups in total. The van der Waals surface area contributed by atoms with Crippen LogP contribution in [0.2, 0.25) is 0 Å². The highest BCUT2D eigenvalue weighted by atomic mass is 79.9. The van der Waals surface area contributed by atoms with Crippen molar-refractivity contribution in [1.82, 2.24) is 10.2 Å². The van der Waals surface area contributed by atoms with Crippen LogP contribution in [0.4, 0.5) is 5.69 Å². The second-order valence-corrected chi connectivity index (χ2v) is 5.49. The van der Waals surface area contributed by atoms with E-state index in [9.17, 15) is 10.1 Å². The summed E-state index contributed by atoms with van der Waals surface area (Å²) in [4.78, 5) is 12.8. The van der Waals surface area contributed by atoms with Crippen LogP contribution in [0, 0.1) is 10.1 Å². The molecule has 0 radical (unpaired) electrons. The lowest BCUT2D eigenvalue weighted by Gasteiger charge is -2.31. The number of nitrogens with one attached hydrogen (secondary N) is 1. The van der Waals surface area contributed by atoms with E-state index in [1.165, 1.54) is 0 Å². The van der Waals surface area contributed by atoms with Crippen molar-refractivity contribution in [3.8, 4) is 0 Å². The summed E-state index contributed by atoms with van der Waals surface area (Å²) in [6.45, 7) is 5.84. The molecule has 1 aromatic carbocycles. The summed E-state index contributed by atoms with van der Waals surface area (Å²) in [5, 5.41) is 14.2. The third-order valence-electron chi connectivity index (χ3n) is 3.07. The molecule has 0 aliphatic carbocycles. The van der Waals surface area contributed by atoms with Crippen molar-refractivity contribution in [2.24, 2.45) is 0 Å². The highest BCUT2D eigenvalue weighted by Crippen LogP contribution is 2.26. The summed E-state index contributed by atoms with van der Waals surface area (Å²) in [5.41, 5.74) is 1.12. The van der Waals surface area contributed by atoms with Crippen LogP contribution in [-0.4, -0.2) is 35.5 Å². The molecular formula is C12H16BrN3O2. The minimum Gasteiger partial charge on any atom is -0.312 e. The quantitative estimate of drug-likeness (QED) is 0.686. The molecule has 18 heavy (non-hydrogen) atoms. The van der Waals surface area contributed by atoms with Crippen LogP contribution in [0.15, 0.2) is 22.7 Å². The van der Waals surface area contributed by atoms with Gasteiger partial charge in [-0.3, -0.25) is 15.0 Å². The fourth-order valence-electron chi connectivity index (χ4n) is 2.21. The van der Waals surface area contributed by atoms with E-state index in [1.807, 2.05) is 6.07 Å². The summed E-state index contributed by atoms with van der Waals surface area (Å²) < 4.78 is 0.532. The van der Waals surface area contributed by atoms with Crippen molar-refractivity contribution >= 4 is 21.6 Å². The fourth-order valence-corrected chi connectivity index (χ4v) is 2.60. The first-order valence-electron chi connectivity index (χ1n) is 5.95. The molecule has 1 aliphatic rings. The average Bonchev–Trinajstić information content (AvgIpc) is 2.31. The number of hydrogen-bond donors (Lipinski definition) is 1. The lowest BCUT2D eigenvalue weighted by atomic mass is 10.1. The molecule has 1 fully saturated rings. The minimum absolute atomic E-state index is 0.135. The van der Waals surface area contributed by atoms with Crippen LogP contribution in [-0.2, 0) is 6.54 Å². The highest BCUT2D eigenvalue weighted by molar-refractivity contribution is 9.10. The van der Waals surface area contributed by atoms with Gasteiger partial charge in [0.2, 0.25) is 0 Å². The maximum absolute atomic E-state index is 10.9. The largest absolute Gasteiger partial charge is 0.312 e. The van der Waals surface area contributed by atoms with Gasteiger partial charge in [-0.05, 0) is 34.5 Å². The third-order valence-corrected chi connectivity index (χ3v) is 3.74. The van der Waals surface area contributed by atoms with Gasteiger partial charge >= 0.3 is 0 Å². The van der Waals surface area contributed by atoms with Crippen molar-refractivity contribution < 1.29 is 4.92 Å². The van der Waals surface area contributed by atoms with Crippen molar-refractivity contribution in [2.75, 3.05) is 19.6 Å². The number of hydrogen-bond acceptors (Lipinski definition) is 4. The van der Waals surface area contributed by atoms with E-state index in [4.69, 9.17) is 0 Å². The lowest BCUT2D eigenvalue weighted by Crippen LogP contribution is -2.48. The van der Waals surface area contributed by atoms with Gasteiger partial charge in [0.25, 0.3) is 5.69 Å². The van der Waals surface area contributed by atoms with E-state index in [2.05, 4.69) is 33.1 Å². The van der Waals surface area contributed by atoms with Gasteiger partial charge in [-0.2, -0.15) is 0 Å². The Morgan fingerprint density at radius 2 is 2.39 bits per heavy atom. The van der Waals surface area contributed by atoms with Crippen LogP contribution >= 0.6 is 15.9 Å². The van der Waals surface area contributed by atoms with Crippen molar-refractivity contribution in [1.29, 1.82) is 0 Å². The van der Waals surface area contributed by atoms with E-state index in [-0.39, 0.29) is 10.6 Å². The van der Waals surface area contributed by atoms with Gasteiger partial charge in [0.15, 0.2) is 0 Å². The number of piperazine rings is 1. The van der Waals surface area contributed by atoms with E-state index in [0.717, 1.165) is 31.7 Å². The van der Waals surface area contributed by atoms with Gasteiger partial charge in [-0.25, -0.2) is 0 Å². The maximum atomic E-state index is 10.9. The lowest BCUT2D eigenvalue weighted by molar-refractivity contribution is -0.385. The fraction of sp³-hybridized carbons (Fsp3) is 0.500. The molecule has 0 saturated carbocycles. The van der Waals surface area contributed by atoms with Gasteiger partial charge in [0, 0.05) is 38.3 Å². The van der Waals surface area contributed by atoms with Gasteiger partial charge in [0.05, 0.1) is 9.40 Å². The smallest absolute Gasteiger partial charge is 0.283 e. The van der Waals surface area contributed by atoms with Crippen molar-refractivity contribution in [3.63, 3.8) is 0 Å². The molecule has 1 aromatic rings. The Hall–Kier alpha value is -0.980. The molecule has 98 valence electrons. The molecule has 1 unspecified atom stereocenters. The Labute approximate surface area is 114 Å². The molecule has 0 amide bonds. The first kappa shape index (κ1) is 13.5. The molecule has 0 spiro atoms. The first-order valence-corrected chi connectivity index (χ1v) is 6.74.